The summed E-state index contributed by atoms with van der Waals surface area (Å²) >= 11 is 6.31. The molecule has 12 heteroatoms. The standard InChI is InChI=1S/C23H24ClFN8O2/c1-3-35-22(34)32-9-15-6-16(24)4-5-18(15)33-19(14(32)2)28-29-21(33)31-12-23(13-31)10-30(11-23)20-26-7-17(25)8-27-20/h4-8,14H,3,9-13H2,1-2H3. The van der Waals surface area contributed by atoms with E-state index in [-0.39, 0.29) is 18.1 Å². The molecule has 2 fully saturated rings. The van der Waals surface area contributed by atoms with Crippen molar-refractivity contribution in [1.82, 2.24) is 29.6 Å². The van der Waals surface area contributed by atoms with Gasteiger partial charge in [-0.1, -0.05) is 11.6 Å². The molecule has 10 nitrogen and oxygen atoms in total. The molecule has 0 bridgehead atoms. The van der Waals surface area contributed by atoms with Gasteiger partial charge in [-0.25, -0.2) is 19.2 Å². The van der Waals surface area contributed by atoms with Crippen molar-refractivity contribution >= 4 is 29.6 Å². The fourth-order valence-corrected chi connectivity index (χ4v) is 5.45. The van der Waals surface area contributed by atoms with Gasteiger partial charge in [-0.3, -0.25) is 9.47 Å². The van der Waals surface area contributed by atoms with Crippen molar-refractivity contribution < 1.29 is 13.9 Å². The van der Waals surface area contributed by atoms with Crippen LogP contribution in [0.2, 0.25) is 5.02 Å². The molecule has 3 aliphatic rings. The third-order valence-electron chi connectivity index (χ3n) is 6.92. The van der Waals surface area contributed by atoms with Crippen LogP contribution in [-0.2, 0) is 11.3 Å². The van der Waals surface area contributed by atoms with Crippen molar-refractivity contribution in [3.63, 3.8) is 0 Å². The van der Waals surface area contributed by atoms with Crippen LogP contribution in [0.3, 0.4) is 0 Å². The SMILES string of the molecule is CCOC(=O)N1Cc2cc(Cl)ccc2-n2c(nnc2N2CC3(CN(c4ncc(F)cn4)C3)C2)C1C. The van der Waals surface area contributed by atoms with Gasteiger partial charge < -0.3 is 14.5 Å². The van der Waals surface area contributed by atoms with Gasteiger partial charge in [0, 0.05) is 36.6 Å². The van der Waals surface area contributed by atoms with Crippen LogP contribution in [0.4, 0.5) is 21.1 Å². The summed E-state index contributed by atoms with van der Waals surface area (Å²) in [6, 6.07) is 5.32. The topological polar surface area (TPSA) is 92.5 Å². The Balaban J connectivity index is 1.27. The van der Waals surface area contributed by atoms with E-state index in [2.05, 4.69) is 30.0 Å². The summed E-state index contributed by atoms with van der Waals surface area (Å²) in [5, 5.41) is 9.63. The molecule has 1 unspecified atom stereocenters. The maximum atomic E-state index is 13.1. The zero-order chi connectivity index (χ0) is 24.3. The van der Waals surface area contributed by atoms with Crippen LogP contribution in [0.15, 0.2) is 30.6 Å². The van der Waals surface area contributed by atoms with Gasteiger partial charge in [0.1, 0.15) is 0 Å². The van der Waals surface area contributed by atoms with Crippen LogP contribution >= 0.6 is 11.6 Å². The molecule has 0 saturated carbocycles. The van der Waals surface area contributed by atoms with E-state index in [4.69, 9.17) is 16.3 Å². The molecule has 2 saturated heterocycles. The van der Waals surface area contributed by atoms with Gasteiger partial charge in [0.15, 0.2) is 11.6 Å². The number of aromatic nitrogens is 5. The fourth-order valence-electron chi connectivity index (χ4n) is 5.26. The van der Waals surface area contributed by atoms with Gasteiger partial charge in [0.2, 0.25) is 11.9 Å². The Morgan fingerprint density at radius 2 is 1.89 bits per heavy atom. The molecular formula is C23H24ClFN8O2. The van der Waals surface area contributed by atoms with E-state index < -0.39 is 11.9 Å². The summed E-state index contributed by atoms with van der Waals surface area (Å²) in [7, 11) is 0. The van der Waals surface area contributed by atoms with Gasteiger partial charge in [-0.15, -0.1) is 10.2 Å². The maximum absolute atomic E-state index is 13.1. The normalized spacial score (nSPS) is 20.0. The molecular weight excluding hydrogens is 475 g/mol. The predicted molar refractivity (Wildman–Crippen MR) is 126 cm³/mol. The smallest absolute Gasteiger partial charge is 0.410 e. The lowest BCUT2D eigenvalue weighted by atomic mass is 9.73. The molecule has 1 spiro atoms. The molecule has 6 rings (SSSR count). The molecule has 1 amide bonds. The molecule has 3 aliphatic heterocycles. The number of amides is 1. The number of carbonyl (C=O) groups excluding carboxylic acids is 1. The number of rotatable bonds is 3. The second-order valence-corrected chi connectivity index (χ2v) is 9.82. The summed E-state index contributed by atoms with van der Waals surface area (Å²) in [5.74, 6) is 1.52. The Morgan fingerprint density at radius 3 is 2.60 bits per heavy atom. The number of hydrogen-bond acceptors (Lipinski definition) is 8. The van der Waals surface area contributed by atoms with E-state index in [1.807, 2.05) is 29.7 Å². The number of benzene rings is 1. The lowest BCUT2D eigenvalue weighted by Crippen LogP contribution is -2.73. The number of fused-ring (bicyclic) bond motifs is 3. The Morgan fingerprint density at radius 1 is 1.17 bits per heavy atom. The first-order valence-electron chi connectivity index (χ1n) is 11.5. The lowest BCUT2D eigenvalue weighted by molar-refractivity contribution is 0.0888. The molecule has 35 heavy (non-hydrogen) atoms. The molecule has 0 aliphatic carbocycles. The van der Waals surface area contributed by atoms with E-state index >= 15 is 0 Å². The Labute approximate surface area is 206 Å². The largest absolute Gasteiger partial charge is 0.450 e. The van der Waals surface area contributed by atoms with Crippen LogP contribution in [-0.4, -0.2) is 68.5 Å². The number of hydrogen-bond donors (Lipinski definition) is 0. The van der Waals surface area contributed by atoms with Crippen LogP contribution in [0, 0.1) is 11.2 Å². The quantitative estimate of drug-likeness (QED) is 0.543. The van der Waals surface area contributed by atoms with Crippen molar-refractivity contribution in [2.24, 2.45) is 5.41 Å². The third-order valence-corrected chi connectivity index (χ3v) is 7.15. The van der Waals surface area contributed by atoms with Crippen LogP contribution < -0.4 is 9.80 Å². The molecule has 0 radical (unpaired) electrons. The van der Waals surface area contributed by atoms with Crippen molar-refractivity contribution in [3.8, 4) is 5.69 Å². The van der Waals surface area contributed by atoms with Gasteiger partial charge in [-0.05, 0) is 37.6 Å². The minimum atomic E-state index is -0.441. The zero-order valence-corrected chi connectivity index (χ0v) is 20.1. The minimum Gasteiger partial charge on any atom is -0.450 e. The van der Waals surface area contributed by atoms with E-state index in [0.717, 1.165) is 43.4 Å². The Kier molecular flexibility index (Phi) is 5.06. The summed E-state index contributed by atoms with van der Waals surface area (Å²) in [6.45, 7) is 7.58. The van der Waals surface area contributed by atoms with Crippen LogP contribution in [0.5, 0.6) is 0 Å². The van der Waals surface area contributed by atoms with Gasteiger partial charge in [0.25, 0.3) is 0 Å². The van der Waals surface area contributed by atoms with Crippen molar-refractivity contribution in [2.75, 3.05) is 42.6 Å². The number of halogens is 2. The second kappa shape index (κ2) is 8.04. The fraction of sp³-hybridized carbons (Fsp3) is 0.435. The highest BCUT2D eigenvalue weighted by atomic mass is 35.5. The monoisotopic (exact) mass is 498 g/mol. The number of anilines is 2. The molecule has 1 aromatic carbocycles. The first-order chi connectivity index (χ1) is 16.9. The van der Waals surface area contributed by atoms with Crippen LogP contribution in [0.1, 0.15) is 31.3 Å². The number of nitrogens with zero attached hydrogens (tertiary/aromatic N) is 8. The van der Waals surface area contributed by atoms with Gasteiger partial charge >= 0.3 is 6.09 Å². The second-order valence-electron chi connectivity index (χ2n) is 9.38. The van der Waals surface area contributed by atoms with Crippen molar-refractivity contribution in [3.05, 3.63) is 52.8 Å². The van der Waals surface area contributed by atoms with Crippen LogP contribution in [0.25, 0.3) is 5.69 Å². The summed E-state index contributed by atoms with van der Waals surface area (Å²) in [6.07, 6.45) is 1.98. The highest BCUT2D eigenvalue weighted by Gasteiger charge is 2.54. The van der Waals surface area contributed by atoms with E-state index in [9.17, 15) is 9.18 Å². The lowest BCUT2D eigenvalue weighted by Gasteiger charge is -2.60. The molecule has 1 atom stereocenters. The van der Waals surface area contributed by atoms with E-state index in [0.29, 0.717) is 23.3 Å². The Bertz CT molecular complexity index is 1290. The van der Waals surface area contributed by atoms with Crippen molar-refractivity contribution in [2.45, 2.75) is 26.4 Å². The van der Waals surface area contributed by atoms with E-state index in [1.165, 1.54) is 12.4 Å². The molecule has 0 N–H and O–H groups in total. The first-order valence-corrected chi connectivity index (χ1v) is 11.9. The molecule has 2 aromatic heterocycles. The molecule has 3 aromatic rings. The highest BCUT2D eigenvalue weighted by molar-refractivity contribution is 6.30. The zero-order valence-electron chi connectivity index (χ0n) is 19.4. The summed E-state index contributed by atoms with van der Waals surface area (Å²) in [5.41, 5.74) is 1.91. The number of carbonyl (C=O) groups is 1. The van der Waals surface area contributed by atoms with Crippen molar-refractivity contribution in [1.29, 1.82) is 0 Å². The first kappa shape index (κ1) is 22.0. The summed E-state index contributed by atoms with van der Waals surface area (Å²) < 4.78 is 20.5. The summed E-state index contributed by atoms with van der Waals surface area (Å²) in [4.78, 5) is 26.8. The Hall–Kier alpha value is -3.47. The molecule has 182 valence electrons. The maximum Gasteiger partial charge on any atom is 0.410 e. The average molecular weight is 499 g/mol. The third kappa shape index (κ3) is 3.56. The predicted octanol–water partition coefficient (Wildman–Crippen LogP) is 3.21. The van der Waals surface area contributed by atoms with Gasteiger partial charge in [0.05, 0.1) is 37.3 Å². The van der Waals surface area contributed by atoms with Gasteiger partial charge in [-0.2, -0.15) is 0 Å². The molecule has 5 heterocycles. The average Bonchev–Trinajstić information content (AvgIpc) is 3.16. The minimum absolute atomic E-state index is 0.111. The van der Waals surface area contributed by atoms with E-state index in [1.54, 1.807) is 11.8 Å². The number of ether oxygens (including phenoxy) is 1. The highest BCUT2D eigenvalue weighted by Crippen LogP contribution is 2.44.